The van der Waals surface area contributed by atoms with Gasteiger partial charge in [0.25, 0.3) is 0 Å². The van der Waals surface area contributed by atoms with Crippen LogP contribution in [0.5, 0.6) is 0 Å². The topological polar surface area (TPSA) is 124 Å². The maximum absolute atomic E-state index is 13.3. The van der Waals surface area contributed by atoms with E-state index in [4.69, 9.17) is 4.74 Å². The molecule has 27 heavy (non-hydrogen) atoms. The van der Waals surface area contributed by atoms with Crippen molar-refractivity contribution in [1.82, 2.24) is 0 Å². The number of hydrogen-bond donors (Lipinski definition) is 4. The molecule has 3 aliphatic carbocycles. The highest BCUT2D eigenvalue weighted by atomic mass is 16.5. The third-order valence-corrected chi connectivity index (χ3v) is 6.38. The summed E-state index contributed by atoms with van der Waals surface area (Å²) in [6.07, 6.45) is 5.72. The highest BCUT2D eigenvalue weighted by molar-refractivity contribution is 6.22. The lowest BCUT2D eigenvalue weighted by atomic mass is 9.41. The zero-order valence-electron chi connectivity index (χ0n) is 15.7. The molecular weight excluding hydrogens is 352 g/mol. The fraction of sp³-hybridized carbons (Fsp3) is 0.600. The van der Waals surface area contributed by atoms with E-state index in [-0.39, 0.29) is 25.2 Å². The number of aliphatic hydroxyl groups excluding tert-OH is 2. The summed E-state index contributed by atoms with van der Waals surface area (Å²) in [6, 6.07) is 0. The average molecular weight is 378 g/mol. The Labute approximate surface area is 157 Å². The maximum atomic E-state index is 13.3. The van der Waals surface area contributed by atoms with Gasteiger partial charge in [-0.05, 0) is 33.3 Å². The molecule has 4 N–H and O–H groups in total. The van der Waals surface area contributed by atoms with Crippen LogP contribution in [0.3, 0.4) is 0 Å². The number of hydrogen-bond acceptors (Lipinski definition) is 7. The van der Waals surface area contributed by atoms with Crippen LogP contribution in [0, 0.1) is 17.3 Å². The van der Waals surface area contributed by atoms with Gasteiger partial charge in [-0.25, -0.2) is 0 Å². The van der Waals surface area contributed by atoms with Crippen molar-refractivity contribution in [2.24, 2.45) is 17.3 Å². The van der Waals surface area contributed by atoms with Gasteiger partial charge in [-0.2, -0.15) is 0 Å². The van der Waals surface area contributed by atoms with E-state index in [1.807, 2.05) is 0 Å². The van der Waals surface area contributed by atoms with Crippen LogP contribution in [0.4, 0.5) is 0 Å². The summed E-state index contributed by atoms with van der Waals surface area (Å²) < 4.78 is 5.52. The molecule has 7 nitrogen and oxygen atoms in total. The average Bonchev–Trinajstić information content (AvgIpc) is 2.62. The van der Waals surface area contributed by atoms with E-state index in [1.165, 1.54) is 26.0 Å². The second-order valence-electron chi connectivity index (χ2n) is 8.02. The third-order valence-electron chi connectivity index (χ3n) is 6.38. The zero-order chi connectivity index (χ0) is 20.2. The number of Topliss-reactive ketones (excluding diaryl/α,β-unsaturated/α-hetero) is 2. The number of aliphatic hydroxyl groups is 4. The number of allylic oxidation sites excluding steroid dienone is 4. The molecule has 6 atom stereocenters. The van der Waals surface area contributed by atoms with Crippen LogP contribution in [0.25, 0.3) is 0 Å². The molecule has 2 bridgehead atoms. The molecular formula is C20H26O7. The summed E-state index contributed by atoms with van der Waals surface area (Å²) in [5, 5.41) is 42.4. The molecule has 0 radical (unpaired) electrons. The fourth-order valence-electron chi connectivity index (χ4n) is 5.15. The smallest absolute Gasteiger partial charge is 0.178 e. The van der Waals surface area contributed by atoms with E-state index < -0.39 is 51.9 Å². The second kappa shape index (κ2) is 6.38. The monoisotopic (exact) mass is 378 g/mol. The van der Waals surface area contributed by atoms with Crippen molar-refractivity contribution in [3.05, 3.63) is 35.6 Å². The summed E-state index contributed by atoms with van der Waals surface area (Å²) in [6.45, 7) is 3.90. The quantitative estimate of drug-likeness (QED) is 0.245. The number of fused-ring (bicyclic) bond motifs is 2. The molecule has 1 saturated heterocycles. The molecule has 0 aromatic heterocycles. The maximum Gasteiger partial charge on any atom is 0.178 e. The molecule has 6 unspecified atom stereocenters. The van der Waals surface area contributed by atoms with Gasteiger partial charge in [0.1, 0.15) is 17.0 Å². The van der Waals surface area contributed by atoms with Crippen LogP contribution in [0.1, 0.15) is 27.2 Å². The van der Waals surface area contributed by atoms with Crippen molar-refractivity contribution in [3.8, 4) is 0 Å². The number of carbonyl (C=O) groups excluding carboxylic acids is 2. The molecule has 0 amide bonds. The van der Waals surface area contributed by atoms with Gasteiger partial charge in [0.05, 0.1) is 30.7 Å². The lowest BCUT2D eigenvalue weighted by Crippen LogP contribution is -2.79. The SMILES string of the molecule is CC=CC=CC(O)=C1C(=O)C2(C)C(=O)C(C)(O)C1C1(O)COC(CO)CC21. The van der Waals surface area contributed by atoms with Crippen LogP contribution in [0.2, 0.25) is 0 Å². The molecule has 4 fully saturated rings. The molecule has 4 rings (SSSR count). The Morgan fingerprint density at radius 3 is 2.52 bits per heavy atom. The number of ketones is 2. The minimum Gasteiger partial charge on any atom is -0.508 e. The lowest BCUT2D eigenvalue weighted by molar-refractivity contribution is -0.261. The molecule has 0 aromatic carbocycles. The van der Waals surface area contributed by atoms with Crippen molar-refractivity contribution < 1.29 is 34.8 Å². The summed E-state index contributed by atoms with van der Waals surface area (Å²) >= 11 is 0. The Morgan fingerprint density at radius 2 is 1.93 bits per heavy atom. The Kier molecular flexibility index (Phi) is 4.71. The van der Waals surface area contributed by atoms with E-state index >= 15 is 0 Å². The fourth-order valence-corrected chi connectivity index (χ4v) is 5.15. The van der Waals surface area contributed by atoms with Gasteiger partial charge >= 0.3 is 0 Å². The molecule has 7 heteroatoms. The summed E-state index contributed by atoms with van der Waals surface area (Å²) in [4.78, 5) is 26.3. The predicted octanol–water partition coefficient (Wildman–Crippen LogP) is 0.598. The Hall–Kier alpha value is -1.80. The Bertz CT molecular complexity index is 762. The number of ether oxygens (including phenoxy) is 1. The van der Waals surface area contributed by atoms with Crippen LogP contribution in [0.15, 0.2) is 35.6 Å². The molecule has 1 aliphatic heterocycles. The lowest BCUT2D eigenvalue weighted by Gasteiger charge is -2.64. The third kappa shape index (κ3) is 2.49. The zero-order valence-corrected chi connectivity index (χ0v) is 15.7. The van der Waals surface area contributed by atoms with Crippen molar-refractivity contribution in [1.29, 1.82) is 0 Å². The molecule has 0 aromatic rings. The van der Waals surface area contributed by atoms with Crippen LogP contribution < -0.4 is 0 Å². The van der Waals surface area contributed by atoms with Crippen LogP contribution in [-0.2, 0) is 14.3 Å². The van der Waals surface area contributed by atoms with Crippen LogP contribution >= 0.6 is 0 Å². The van der Waals surface area contributed by atoms with E-state index in [2.05, 4.69) is 0 Å². The van der Waals surface area contributed by atoms with Gasteiger partial charge in [0, 0.05) is 11.5 Å². The number of carbonyl (C=O) groups is 2. The summed E-state index contributed by atoms with van der Waals surface area (Å²) in [5.74, 6) is -3.81. The van der Waals surface area contributed by atoms with E-state index in [0.717, 1.165) is 0 Å². The Balaban J connectivity index is 2.23. The standard InChI is InChI=1S/C20H26O7/c1-4-5-6-7-12(22)14-15-19(3,25)17(24)18(2,16(14)23)13-8-11(9-21)27-10-20(13,15)26/h4-7,11,13,15,21-22,25-26H,8-10H2,1-3H3. The second-order valence-corrected chi connectivity index (χ2v) is 8.02. The van der Waals surface area contributed by atoms with Crippen LogP contribution in [-0.4, -0.2) is 62.5 Å². The van der Waals surface area contributed by atoms with E-state index in [0.29, 0.717) is 0 Å². The minimum atomic E-state index is -2.04. The first-order chi connectivity index (χ1) is 12.6. The van der Waals surface area contributed by atoms with Gasteiger partial charge in [-0.15, -0.1) is 0 Å². The van der Waals surface area contributed by atoms with Gasteiger partial charge < -0.3 is 25.2 Å². The largest absolute Gasteiger partial charge is 0.508 e. The van der Waals surface area contributed by atoms with Crippen molar-refractivity contribution in [3.63, 3.8) is 0 Å². The van der Waals surface area contributed by atoms with Gasteiger partial charge in [-0.1, -0.05) is 18.2 Å². The van der Waals surface area contributed by atoms with E-state index in [1.54, 1.807) is 19.1 Å². The Morgan fingerprint density at radius 1 is 1.26 bits per heavy atom. The first-order valence-corrected chi connectivity index (χ1v) is 9.06. The molecule has 148 valence electrons. The van der Waals surface area contributed by atoms with Gasteiger partial charge in [-0.3, -0.25) is 9.59 Å². The molecule has 4 aliphatic rings. The normalized spacial score (nSPS) is 46.4. The molecule has 3 saturated carbocycles. The number of rotatable bonds is 3. The highest BCUT2D eigenvalue weighted by Crippen LogP contribution is 2.63. The molecule has 0 spiro atoms. The first kappa shape index (κ1) is 19.9. The van der Waals surface area contributed by atoms with Gasteiger partial charge in [0.15, 0.2) is 11.6 Å². The summed E-state index contributed by atoms with van der Waals surface area (Å²) in [7, 11) is 0. The highest BCUT2D eigenvalue weighted by Gasteiger charge is 2.77. The first-order valence-electron chi connectivity index (χ1n) is 9.06. The van der Waals surface area contributed by atoms with Crippen molar-refractivity contribution in [2.45, 2.75) is 44.5 Å². The minimum absolute atomic E-state index is 0.107. The van der Waals surface area contributed by atoms with Crippen molar-refractivity contribution in [2.75, 3.05) is 13.2 Å². The van der Waals surface area contributed by atoms with Gasteiger partial charge in [0.2, 0.25) is 0 Å². The predicted molar refractivity (Wildman–Crippen MR) is 95.7 cm³/mol. The van der Waals surface area contributed by atoms with E-state index in [9.17, 15) is 30.0 Å². The summed E-state index contributed by atoms with van der Waals surface area (Å²) in [5.41, 5.74) is -5.64. The molecule has 1 heterocycles. The van der Waals surface area contributed by atoms with Crippen molar-refractivity contribution >= 4 is 11.6 Å².